The number of hydrogen-bond acceptors (Lipinski definition) is 0. The minimum atomic E-state index is 1.30. The smallest absolute Gasteiger partial charge is 0.0276 e. The van der Waals surface area contributed by atoms with E-state index in [-0.39, 0.29) is 0 Å². The van der Waals surface area contributed by atoms with Crippen molar-refractivity contribution in [3.05, 3.63) is 48.6 Å². The Morgan fingerprint density at radius 3 is 1.69 bits per heavy atom. The predicted octanol–water partition coefficient (Wildman–Crippen LogP) is 3.76. The van der Waals surface area contributed by atoms with E-state index in [2.05, 4.69) is 37.4 Å². The highest BCUT2D eigenvalue weighted by atomic mass is 14.1. The van der Waals surface area contributed by atoms with Crippen LogP contribution in [0.3, 0.4) is 0 Å². The maximum Gasteiger partial charge on any atom is -0.0276 e. The zero-order chi connectivity index (χ0) is 9.52. The molecule has 0 fully saturated rings. The van der Waals surface area contributed by atoms with E-state index in [9.17, 15) is 0 Å². The molecular weight excluding hydrogens is 156 g/mol. The van der Waals surface area contributed by atoms with Gasteiger partial charge in [0, 0.05) is 0 Å². The van der Waals surface area contributed by atoms with Crippen LogP contribution in [0.15, 0.2) is 37.4 Å². The highest BCUT2D eigenvalue weighted by molar-refractivity contribution is 5.27. The van der Waals surface area contributed by atoms with Crippen LogP contribution in [-0.4, -0.2) is 0 Å². The quantitative estimate of drug-likeness (QED) is 0.415. The van der Waals surface area contributed by atoms with Gasteiger partial charge in [-0.1, -0.05) is 30.7 Å². The molecule has 0 unspecified atom stereocenters. The molecule has 70 valence electrons. The second-order valence-corrected chi connectivity index (χ2v) is 3.33. The average molecular weight is 174 g/mol. The summed E-state index contributed by atoms with van der Waals surface area (Å²) >= 11 is 0. The third-order valence-corrected chi connectivity index (χ3v) is 2.51. The number of benzene rings is 1. The van der Waals surface area contributed by atoms with Gasteiger partial charge in [-0.05, 0) is 36.8 Å². The molecule has 1 aliphatic rings. The van der Waals surface area contributed by atoms with Crippen LogP contribution in [0, 0.1) is 0 Å². The zero-order valence-corrected chi connectivity index (χ0v) is 8.26. The Balaban J connectivity index is 0.000000396. The summed E-state index contributed by atoms with van der Waals surface area (Å²) in [7, 11) is 0. The number of hydrogen-bond donors (Lipinski definition) is 0. The summed E-state index contributed by atoms with van der Waals surface area (Å²) in [5.74, 6) is 0. The molecule has 2 rings (SSSR count). The summed E-state index contributed by atoms with van der Waals surface area (Å²) < 4.78 is 0. The van der Waals surface area contributed by atoms with Crippen LogP contribution in [0.25, 0.3) is 0 Å². The van der Waals surface area contributed by atoms with Gasteiger partial charge in [0.1, 0.15) is 0 Å². The van der Waals surface area contributed by atoms with E-state index in [1.165, 1.54) is 32.1 Å². The van der Waals surface area contributed by atoms with Crippen LogP contribution in [0.2, 0.25) is 0 Å². The maximum absolute atomic E-state index is 3.00. The van der Waals surface area contributed by atoms with Gasteiger partial charge in [-0.15, -0.1) is 13.2 Å². The molecule has 0 aromatic heterocycles. The van der Waals surface area contributed by atoms with Crippen molar-refractivity contribution in [1.82, 2.24) is 0 Å². The van der Waals surface area contributed by atoms with Crippen LogP contribution in [0.1, 0.15) is 30.4 Å². The zero-order valence-electron chi connectivity index (χ0n) is 8.26. The molecule has 0 aliphatic heterocycles. The average Bonchev–Trinajstić information content (AvgIpc) is 2.45. The van der Waals surface area contributed by atoms with E-state index in [0.29, 0.717) is 0 Å². The standard InChI is InChI=1S/C11H14.C2H4/c1-2-6-10-8-4-5-9-11(10)7-3-1;1-2/h4-5,8-9H,1-3,6-7H2;1-2H2. The van der Waals surface area contributed by atoms with Gasteiger partial charge in [0.25, 0.3) is 0 Å². The molecule has 0 radical (unpaired) electrons. The molecule has 13 heavy (non-hydrogen) atoms. The van der Waals surface area contributed by atoms with Crippen LogP contribution < -0.4 is 0 Å². The fraction of sp³-hybridized carbons (Fsp3) is 0.385. The highest BCUT2D eigenvalue weighted by Crippen LogP contribution is 2.19. The van der Waals surface area contributed by atoms with Crippen molar-refractivity contribution in [3.63, 3.8) is 0 Å². The van der Waals surface area contributed by atoms with Crippen molar-refractivity contribution < 1.29 is 0 Å². The number of fused-ring (bicyclic) bond motifs is 1. The van der Waals surface area contributed by atoms with Gasteiger partial charge < -0.3 is 0 Å². The Hall–Kier alpha value is -1.04. The van der Waals surface area contributed by atoms with Crippen LogP contribution >= 0.6 is 0 Å². The largest absolute Gasteiger partial charge is 0.106 e. The molecule has 0 bridgehead atoms. The molecule has 0 heteroatoms. The van der Waals surface area contributed by atoms with Gasteiger partial charge in [0.15, 0.2) is 0 Å². The topological polar surface area (TPSA) is 0 Å². The van der Waals surface area contributed by atoms with Gasteiger partial charge in [0.2, 0.25) is 0 Å². The van der Waals surface area contributed by atoms with Crippen molar-refractivity contribution in [2.75, 3.05) is 0 Å². The van der Waals surface area contributed by atoms with Gasteiger partial charge in [0.05, 0.1) is 0 Å². The van der Waals surface area contributed by atoms with E-state index < -0.39 is 0 Å². The summed E-state index contributed by atoms with van der Waals surface area (Å²) in [6.07, 6.45) is 6.79. The van der Waals surface area contributed by atoms with E-state index in [1.807, 2.05) is 0 Å². The van der Waals surface area contributed by atoms with Crippen molar-refractivity contribution in [1.29, 1.82) is 0 Å². The van der Waals surface area contributed by atoms with E-state index in [0.717, 1.165) is 0 Å². The SMILES string of the molecule is C=C.c1ccc2c(c1)CCCCC2. The Labute approximate surface area is 81.3 Å². The summed E-state index contributed by atoms with van der Waals surface area (Å²) in [5, 5.41) is 0. The van der Waals surface area contributed by atoms with Crippen LogP contribution in [0.5, 0.6) is 0 Å². The molecular formula is C13H18. The molecule has 1 aromatic carbocycles. The van der Waals surface area contributed by atoms with Crippen LogP contribution in [-0.2, 0) is 12.8 Å². The summed E-state index contributed by atoms with van der Waals surface area (Å²) in [5.41, 5.74) is 3.18. The Morgan fingerprint density at radius 1 is 0.769 bits per heavy atom. The minimum absolute atomic E-state index is 1.30. The van der Waals surface area contributed by atoms with Crippen molar-refractivity contribution in [3.8, 4) is 0 Å². The monoisotopic (exact) mass is 174 g/mol. The fourth-order valence-corrected chi connectivity index (χ4v) is 1.85. The van der Waals surface area contributed by atoms with E-state index >= 15 is 0 Å². The summed E-state index contributed by atoms with van der Waals surface area (Å²) in [4.78, 5) is 0. The lowest BCUT2D eigenvalue weighted by Crippen LogP contribution is -1.88. The fourth-order valence-electron chi connectivity index (χ4n) is 1.85. The maximum atomic E-state index is 3.00. The lowest BCUT2D eigenvalue weighted by atomic mass is 10.0. The normalized spacial score (nSPS) is 14.8. The molecule has 0 N–H and O–H groups in total. The summed E-state index contributed by atoms with van der Waals surface area (Å²) in [6, 6.07) is 8.87. The molecule has 0 atom stereocenters. The lowest BCUT2D eigenvalue weighted by molar-refractivity contribution is 0.711. The van der Waals surface area contributed by atoms with E-state index in [1.54, 1.807) is 11.1 Å². The first-order valence-corrected chi connectivity index (χ1v) is 5.03. The molecule has 0 spiro atoms. The van der Waals surface area contributed by atoms with Crippen molar-refractivity contribution in [2.24, 2.45) is 0 Å². The second-order valence-electron chi connectivity index (χ2n) is 3.33. The Kier molecular flexibility index (Phi) is 4.31. The molecule has 0 saturated heterocycles. The van der Waals surface area contributed by atoms with Gasteiger partial charge in [-0.25, -0.2) is 0 Å². The lowest BCUT2D eigenvalue weighted by Gasteiger charge is -2.02. The summed E-state index contributed by atoms with van der Waals surface area (Å²) in [6.45, 7) is 6.00. The first kappa shape index (κ1) is 10.0. The van der Waals surface area contributed by atoms with E-state index in [4.69, 9.17) is 0 Å². The molecule has 0 amide bonds. The molecule has 1 aliphatic carbocycles. The Bertz CT molecular complexity index is 225. The van der Waals surface area contributed by atoms with Crippen LogP contribution in [0.4, 0.5) is 0 Å². The first-order chi connectivity index (χ1) is 6.47. The van der Waals surface area contributed by atoms with Gasteiger partial charge in [-0.2, -0.15) is 0 Å². The highest BCUT2D eigenvalue weighted by Gasteiger charge is 2.05. The minimum Gasteiger partial charge on any atom is -0.106 e. The molecule has 1 aromatic rings. The number of aryl methyl sites for hydroxylation is 2. The third kappa shape index (κ3) is 2.73. The van der Waals surface area contributed by atoms with Gasteiger partial charge in [-0.3, -0.25) is 0 Å². The van der Waals surface area contributed by atoms with Gasteiger partial charge >= 0.3 is 0 Å². The second kappa shape index (κ2) is 5.58. The Morgan fingerprint density at radius 2 is 1.23 bits per heavy atom. The first-order valence-electron chi connectivity index (χ1n) is 5.03. The van der Waals surface area contributed by atoms with Crippen molar-refractivity contribution >= 4 is 0 Å². The molecule has 0 nitrogen and oxygen atoms in total. The molecule has 0 saturated carbocycles. The molecule has 0 heterocycles. The van der Waals surface area contributed by atoms with Crippen molar-refractivity contribution in [2.45, 2.75) is 32.1 Å². The number of rotatable bonds is 0. The predicted molar refractivity (Wildman–Crippen MR) is 59.0 cm³/mol. The third-order valence-electron chi connectivity index (χ3n) is 2.51.